The molecular formula is C13H13F3N2O4S2. The molecule has 6 nitrogen and oxygen atoms in total. The summed E-state index contributed by atoms with van der Waals surface area (Å²) in [5.74, 6) is -0.630. The van der Waals surface area contributed by atoms with Gasteiger partial charge in [0, 0.05) is 0 Å². The molecule has 0 aliphatic heterocycles. The second-order valence-electron chi connectivity index (χ2n) is 5.45. The Morgan fingerprint density at radius 3 is 2.29 bits per heavy atom. The summed E-state index contributed by atoms with van der Waals surface area (Å²) in [6.45, 7) is 0. The summed E-state index contributed by atoms with van der Waals surface area (Å²) in [5, 5.41) is -2.73. The molecule has 0 radical (unpaired) electrons. The van der Waals surface area contributed by atoms with Crippen molar-refractivity contribution in [3.8, 4) is 0 Å². The van der Waals surface area contributed by atoms with Crippen LogP contribution in [0.5, 0.6) is 0 Å². The molecule has 1 unspecified atom stereocenters. The summed E-state index contributed by atoms with van der Waals surface area (Å²) in [6.07, 6.45) is -0.643. The van der Waals surface area contributed by atoms with Crippen LogP contribution in [0, 0.1) is 5.92 Å². The Kier molecular flexibility index (Phi) is 5.17. The predicted molar refractivity (Wildman–Crippen MR) is 80.5 cm³/mol. The number of rotatable bonds is 2. The Hall–Kier alpha value is -1.71. The van der Waals surface area contributed by atoms with Gasteiger partial charge in [0.15, 0.2) is 0 Å². The van der Waals surface area contributed by atoms with Gasteiger partial charge in [-0.2, -0.15) is 26.4 Å². The zero-order valence-electron chi connectivity index (χ0n) is 12.2. The van der Waals surface area contributed by atoms with Gasteiger partial charge < -0.3 is 5.53 Å². The first-order valence-electron chi connectivity index (χ1n) is 6.98. The van der Waals surface area contributed by atoms with Crippen molar-refractivity contribution < 1.29 is 34.8 Å². The van der Waals surface area contributed by atoms with Gasteiger partial charge in [-0.25, -0.2) is 8.42 Å². The Bertz CT molecular complexity index is 878. The molecule has 24 heavy (non-hydrogen) atoms. The second kappa shape index (κ2) is 6.66. The van der Waals surface area contributed by atoms with E-state index in [9.17, 15) is 30.0 Å². The van der Waals surface area contributed by atoms with Crippen LogP contribution in [-0.2, 0) is 20.1 Å². The molecule has 2 aliphatic carbocycles. The van der Waals surface area contributed by atoms with Gasteiger partial charge in [-0.15, -0.1) is 0 Å². The van der Waals surface area contributed by atoms with Gasteiger partial charge in [0.05, 0.1) is 11.5 Å². The highest BCUT2D eigenvalue weighted by Crippen LogP contribution is 2.34. The summed E-state index contributed by atoms with van der Waals surface area (Å²) in [7, 11) is -8.02. The standard InChI is InChI=1S/C13H13F3N2O4S2/c14-13(15,16)9-6-3-7-10(11(9)23(19)20)24(21,22)12(18-17)8-4-1-2-5-8/h3,6-8,10H,1-2,4-5H2. The summed E-state index contributed by atoms with van der Waals surface area (Å²) in [6, 6.07) is 0. The van der Waals surface area contributed by atoms with Crippen LogP contribution in [0.4, 0.5) is 13.2 Å². The first kappa shape index (κ1) is 18.6. The SMILES string of the molecule is [N-]=[N+]=C(C1CCCC1)S(=O)(=O)C1C=CC=C(C(F)(F)F)C1=S(=O)=O. The van der Waals surface area contributed by atoms with Gasteiger partial charge in [-0.05, 0) is 18.9 Å². The van der Waals surface area contributed by atoms with Crippen LogP contribution >= 0.6 is 0 Å². The van der Waals surface area contributed by atoms with E-state index in [1.54, 1.807) is 0 Å². The van der Waals surface area contributed by atoms with E-state index >= 15 is 0 Å². The maximum atomic E-state index is 13.0. The molecule has 1 saturated carbocycles. The summed E-state index contributed by atoms with van der Waals surface area (Å²) >= 11 is 0. The third-order valence-electron chi connectivity index (χ3n) is 3.99. The van der Waals surface area contributed by atoms with Crippen LogP contribution in [0.2, 0.25) is 0 Å². The Morgan fingerprint density at radius 1 is 1.25 bits per heavy atom. The highest BCUT2D eigenvalue weighted by molar-refractivity contribution is 8.08. The van der Waals surface area contributed by atoms with Gasteiger partial charge in [0.2, 0.25) is 10.3 Å². The molecule has 0 N–H and O–H groups in total. The fourth-order valence-corrected chi connectivity index (χ4v) is 5.94. The van der Waals surface area contributed by atoms with Crippen LogP contribution in [0.25, 0.3) is 5.53 Å². The lowest BCUT2D eigenvalue weighted by Gasteiger charge is -2.20. The lowest BCUT2D eigenvalue weighted by atomic mass is 10.0. The van der Waals surface area contributed by atoms with Gasteiger partial charge in [-0.3, -0.25) is 0 Å². The lowest BCUT2D eigenvalue weighted by molar-refractivity contribution is -0.0860. The van der Waals surface area contributed by atoms with Crippen molar-refractivity contribution in [3.63, 3.8) is 0 Å². The fourth-order valence-electron chi connectivity index (χ4n) is 2.91. The zero-order chi connectivity index (χ0) is 18.1. The van der Waals surface area contributed by atoms with Crippen LogP contribution < -0.4 is 0 Å². The van der Waals surface area contributed by atoms with Gasteiger partial charge in [0.25, 0.3) is 9.84 Å². The molecule has 11 heteroatoms. The zero-order valence-corrected chi connectivity index (χ0v) is 13.8. The number of nitrogens with zero attached hydrogens (tertiary/aromatic N) is 2. The summed E-state index contributed by atoms with van der Waals surface area (Å²) in [4.78, 5) is 1.49. The van der Waals surface area contributed by atoms with E-state index in [0.717, 1.165) is 12.2 Å². The molecule has 1 atom stereocenters. The number of hydrogen-bond donors (Lipinski definition) is 0. The number of sulfone groups is 1. The minimum atomic E-state index is -5.03. The summed E-state index contributed by atoms with van der Waals surface area (Å²) in [5.41, 5.74) is 7.54. The molecule has 0 spiro atoms. The number of hydrogen-bond acceptors (Lipinski definition) is 4. The van der Waals surface area contributed by atoms with Crippen LogP contribution in [0.15, 0.2) is 23.8 Å². The van der Waals surface area contributed by atoms with Crippen molar-refractivity contribution in [2.75, 3.05) is 0 Å². The lowest BCUT2D eigenvalue weighted by Crippen LogP contribution is -2.41. The average Bonchev–Trinajstić information content (AvgIpc) is 2.99. The van der Waals surface area contributed by atoms with Crippen molar-refractivity contribution >= 4 is 30.0 Å². The van der Waals surface area contributed by atoms with E-state index in [1.807, 2.05) is 0 Å². The molecule has 2 rings (SSSR count). The normalized spacial score (nSPS) is 22.2. The highest BCUT2D eigenvalue weighted by Gasteiger charge is 2.50. The van der Waals surface area contributed by atoms with E-state index in [1.165, 1.54) is 0 Å². The van der Waals surface area contributed by atoms with Gasteiger partial charge in [-0.1, -0.05) is 25.0 Å². The van der Waals surface area contributed by atoms with Crippen LogP contribution in [0.3, 0.4) is 0 Å². The van der Waals surface area contributed by atoms with Gasteiger partial charge >= 0.3 is 11.2 Å². The molecule has 0 saturated heterocycles. The minimum absolute atomic E-state index is 0.410. The maximum absolute atomic E-state index is 13.0. The predicted octanol–water partition coefficient (Wildman–Crippen LogP) is 1.70. The third kappa shape index (κ3) is 3.38. The first-order valence-corrected chi connectivity index (χ1v) is 9.60. The van der Waals surface area contributed by atoms with Crippen molar-refractivity contribution in [1.82, 2.24) is 0 Å². The molecule has 132 valence electrons. The minimum Gasteiger partial charge on any atom is -0.360 e. The molecule has 0 aromatic heterocycles. The topological polar surface area (TPSA) is 105 Å². The van der Waals surface area contributed by atoms with Gasteiger partial charge in [0.1, 0.15) is 10.1 Å². The Balaban J connectivity index is 2.59. The molecule has 0 aromatic carbocycles. The third-order valence-corrected chi connectivity index (χ3v) is 7.03. The van der Waals surface area contributed by atoms with Crippen molar-refractivity contribution in [2.24, 2.45) is 5.92 Å². The molecule has 0 aromatic rings. The number of halogens is 3. The molecule has 2 aliphatic rings. The largest absolute Gasteiger partial charge is 0.417 e. The molecule has 0 heterocycles. The van der Waals surface area contributed by atoms with E-state index in [4.69, 9.17) is 5.53 Å². The average molecular weight is 382 g/mol. The molecule has 0 bridgehead atoms. The van der Waals surface area contributed by atoms with E-state index in [2.05, 4.69) is 4.79 Å². The summed E-state index contributed by atoms with van der Waals surface area (Å²) < 4.78 is 87.0. The quantitative estimate of drug-likeness (QED) is 0.238. The van der Waals surface area contributed by atoms with E-state index in [0.29, 0.717) is 31.8 Å². The first-order chi connectivity index (χ1) is 11.1. The van der Waals surface area contributed by atoms with Crippen molar-refractivity contribution in [3.05, 3.63) is 29.3 Å². The van der Waals surface area contributed by atoms with E-state index < -0.39 is 53.0 Å². The number of alkyl halides is 3. The molecule has 1 fully saturated rings. The number of allylic oxidation sites excluding steroid dienone is 3. The monoisotopic (exact) mass is 382 g/mol. The highest BCUT2D eigenvalue weighted by atomic mass is 32.2. The van der Waals surface area contributed by atoms with E-state index in [-0.39, 0.29) is 0 Å². The smallest absolute Gasteiger partial charge is 0.360 e. The van der Waals surface area contributed by atoms with Crippen LogP contribution in [0.1, 0.15) is 25.7 Å². The molecular weight excluding hydrogens is 369 g/mol. The van der Waals surface area contributed by atoms with Crippen molar-refractivity contribution in [1.29, 1.82) is 0 Å². The Labute approximate surface area is 137 Å². The molecule has 0 amide bonds. The van der Waals surface area contributed by atoms with Crippen molar-refractivity contribution in [2.45, 2.75) is 37.1 Å². The Morgan fingerprint density at radius 2 is 1.83 bits per heavy atom. The fraction of sp³-hybridized carbons (Fsp3) is 0.538. The second-order valence-corrected chi connectivity index (χ2v) is 8.37. The van der Waals surface area contributed by atoms with Crippen LogP contribution in [-0.4, -0.2) is 43.0 Å². The maximum Gasteiger partial charge on any atom is 0.417 e.